The van der Waals surface area contributed by atoms with Crippen LogP contribution in [-0.4, -0.2) is 47.6 Å². The van der Waals surface area contributed by atoms with E-state index in [1.807, 2.05) is 54.6 Å². The number of nitrogens with zero attached hydrogens (tertiary/aromatic N) is 4. The van der Waals surface area contributed by atoms with Crippen LogP contribution in [0.4, 0.5) is 23.0 Å². The average Bonchev–Trinajstić information content (AvgIpc) is 2.77. The quantitative estimate of drug-likeness (QED) is 0.664. The van der Waals surface area contributed by atoms with E-state index in [9.17, 15) is 0 Å². The zero-order valence-electron chi connectivity index (χ0n) is 16.6. The van der Waals surface area contributed by atoms with Crippen LogP contribution < -0.4 is 20.7 Å². The van der Waals surface area contributed by atoms with Crippen molar-refractivity contribution in [3.8, 4) is 11.5 Å². The summed E-state index contributed by atoms with van der Waals surface area (Å²) < 4.78 is 5.83. The van der Waals surface area contributed by atoms with E-state index in [0.29, 0.717) is 11.5 Å². The molecule has 7 nitrogen and oxygen atoms in total. The highest BCUT2D eigenvalue weighted by Gasteiger charge is 2.20. The average molecular weight is 390 g/mol. The Labute approximate surface area is 171 Å². The van der Waals surface area contributed by atoms with Crippen LogP contribution in [0.25, 0.3) is 0 Å². The van der Waals surface area contributed by atoms with Gasteiger partial charge in [0.05, 0.1) is 0 Å². The number of benzene rings is 2. The molecule has 0 atom stereocenters. The Kier molecular flexibility index (Phi) is 5.76. The van der Waals surface area contributed by atoms with Crippen molar-refractivity contribution in [2.75, 3.05) is 48.7 Å². The predicted molar refractivity (Wildman–Crippen MR) is 117 cm³/mol. The number of hydrogen-bond acceptors (Lipinski definition) is 7. The first-order chi connectivity index (χ1) is 14.2. The Bertz CT molecular complexity index is 924. The van der Waals surface area contributed by atoms with Crippen molar-refractivity contribution in [1.82, 2.24) is 14.9 Å². The molecule has 2 heterocycles. The molecule has 2 aromatic carbocycles. The number of nitrogens with one attached hydrogen (secondary N) is 1. The maximum absolute atomic E-state index is 6.39. The van der Waals surface area contributed by atoms with Crippen LogP contribution in [-0.2, 0) is 0 Å². The highest BCUT2D eigenvalue weighted by molar-refractivity contribution is 5.78. The van der Waals surface area contributed by atoms with Gasteiger partial charge in [0.2, 0.25) is 0 Å². The Balaban J connectivity index is 1.44. The van der Waals surface area contributed by atoms with Crippen molar-refractivity contribution in [3.63, 3.8) is 0 Å². The second-order valence-corrected chi connectivity index (χ2v) is 6.95. The lowest BCUT2D eigenvalue weighted by atomic mass is 10.2. The zero-order valence-corrected chi connectivity index (χ0v) is 16.6. The summed E-state index contributed by atoms with van der Waals surface area (Å²) in [6, 6.07) is 17.4. The summed E-state index contributed by atoms with van der Waals surface area (Å²) in [6.07, 6.45) is 1.56. The summed E-state index contributed by atoms with van der Waals surface area (Å²) in [7, 11) is 0. The molecule has 150 valence electrons. The molecule has 4 rings (SSSR count). The molecule has 3 N–H and O–H groups in total. The number of aromatic nitrogens is 2. The van der Waals surface area contributed by atoms with Crippen molar-refractivity contribution in [3.05, 3.63) is 60.9 Å². The summed E-state index contributed by atoms with van der Waals surface area (Å²) in [5, 5.41) is 3.29. The smallest absolute Gasteiger partial charge is 0.159 e. The van der Waals surface area contributed by atoms with E-state index in [0.717, 1.165) is 55.7 Å². The standard InChI is InChI=1S/C22H26N6O/c1-2-27-12-14-28(15-13-27)22-20(23)21(24-16-25-22)26-17-8-10-19(11-9-17)29-18-6-4-3-5-7-18/h3-11,16H,2,12-15,23H2,1H3,(H,24,25,26). The minimum absolute atomic E-state index is 0.571. The molecule has 0 bridgehead atoms. The minimum atomic E-state index is 0.571. The van der Waals surface area contributed by atoms with E-state index >= 15 is 0 Å². The Morgan fingerprint density at radius 3 is 2.31 bits per heavy atom. The van der Waals surface area contributed by atoms with Gasteiger partial charge < -0.3 is 25.6 Å². The van der Waals surface area contributed by atoms with Crippen molar-refractivity contribution in [2.45, 2.75) is 6.92 Å². The van der Waals surface area contributed by atoms with E-state index in [-0.39, 0.29) is 0 Å². The maximum atomic E-state index is 6.39. The largest absolute Gasteiger partial charge is 0.457 e. The lowest BCUT2D eigenvalue weighted by Gasteiger charge is -2.35. The van der Waals surface area contributed by atoms with Crippen LogP contribution >= 0.6 is 0 Å². The molecule has 7 heteroatoms. The van der Waals surface area contributed by atoms with Gasteiger partial charge in [-0.3, -0.25) is 0 Å². The minimum Gasteiger partial charge on any atom is -0.457 e. The third-order valence-electron chi connectivity index (χ3n) is 5.08. The molecule has 0 unspecified atom stereocenters. The maximum Gasteiger partial charge on any atom is 0.159 e. The van der Waals surface area contributed by atoms with E-state index in [1.54, 1.807) is 6.33 Å². The molecular formula is C22H26N6O. The summed E-state index contributed by atoms with van der Waals surface area (Å²) in [5.41, 5.74) is 7.85. The second-order valence-electron chi connectivity index (χ2n) is 6.95. The van der Waals surface area contributed by atoms with E-state index in [4.69, 9.17) is 10.5 Å². The third-order valence-corrected chi connectivity index (χ3v) is 5.08. The summed E-state index contributed by atoms with van der Waals surface area (Å²) in [6.45, 7) is 7.13. The number of anilines is 4. The first kappa shape index (κ1) is 19.0. The Hall–Kier alpha value is -3.32. The van der Waals surface area contributed by atoms with Crippen LogP contribution in [0.5, 0.6) is 11.5 Å². The summed E-state index contributed by atoms with van der Waals surface area (Å²) in [5.74, 6) is 2.99. The fourth-order valence-corrected chi connectivity index (χ4v) is 3.38. The monoisotopic (exact) mass is 390 g/mol. The molecule has 0 amide bonds. The van der Waals surface area contributed by atoms with Crippen molar-refractivity contribution >= 4 is 23.0 Å². The SMILES string of the molecule is CCN1CCN(c2ncnc(Nc3ccc(Oc4ccccc4)cc3)c2N)CC1. The number of nitrogens with two attached hydrogens (primary N) is 1. The van der Waals surface area contributed by atoms with Crippen molar-refractivity contribution in [2.24, 2.45) is 0 Å². The molecule has 1 fully saturated rings. The number of likely N-dealkylation sites (N-methyl/N-ethyl adjacent to an activating group) is 1. The van der Waals surface area contributed by atoms with Gasteiger partial charge in [-0.1, -0.05) is 25.1 Å². The molecule has 0 radical (unpaired) electrons. The van der Waals surface area contributed by atoms with Crippen LogP contribution in [0.3, 0.4) is 0 Å². The molecule has 1 aromatic heterocycles. The van der Waals surface area contributed by atoms with Gasteiger partial charge in [0.25, 0.3) is 0 Å². The highest BCUT2D eigenvalue weighted by atomic mass is 16.5. The molecule has 0 saturated carbocycles. The molecule has 1 aliphatic heterocycles. The van der Waals surface area contributed by atoms with E-state index in [1.165, 1.54) is 0 Å². The van der Waals surface area contributed by atoms with Crippen molar-refractivity contribution in [1.29, 1.82) is 0 Å². The van der Waals surface area contributed by atoms with E-state index in [2.05, 4.69) is 32.0 Å². The topological polar surface area (TPSA) is 79.5 Å². The lowest BCUT2D eigenvalue weighted by Crippen LogP contribution is -2.46. The number of piperazine rings is 1. The van der Waals surface area contributed by atoms with Crippen molar-refractivity contribution < 1.29 is 4.74 Å². The van der Waals surface area contributed by atoms with Gasteiger partial charge in [0, 0.05) is 31.9 Å². The summed E-state index contributed by atoms with van der Waals surface area (Å²) in [4.78, 5) is 13.4. The van der Waals surface area contributed by atoms with E-state index < -0.39 is 0 Å². The van der Waals surface area contributed by atoms with Gasteiger partial charge in [-0.25, -0.2) is 9.97 Å². The molecule has 1 aliphatic rings. The molecule has 0 aliphatic carbocycles. The van der Waals surface area contributed by atoms with Crippen LogP contribution in [0.15, 0.2) is 60.9 Å². The molecule has 29 heavy (non-hydrogen) atoms. The number of para-hydroxylation sites is 1. The number of hydrogen-bond donors (Lipinski definition) is 2. The first-order valence-electron chi connectivity index (χ1n) is 9.90. The lowest BCUT2D eigenvalue weighted by molar-refractivity contribution is 0.270. The van der Waals surface area contributed by atoms with Gasteiger partial charge in [-0.2, -0.15) is 0 Å². The number of rotatable bonds is 6. The van der Waals surface area contributed by atoms with Crippen LogP contribution in [0.2, 0.25) is 0 Å². The van der Waals surface area contributed by atoms with Gasteiger partial charge in [0.1, 0.15) is 23.5 Å². The first-order valence-corrected chi connectivity index (χ1v) is 9.90. The molecular weight excluding hydrogens is 364 g/mol. The number of ether oxygens (including phenoxy) is 1. The fourth-order valence-electron chi connectivity index (χ4n) is 3.38. The molecule has 3 aromatic rings. The zero-order chi connectivity index (χ0) is 20.1. The van der Waals surface area contributed by atoms with Crippen LogP contribution in [0, 0.1) is 0 Å². The molecule has 1 saturated heterocycles. The van der Waals surface area contributed by atoms with Crippen LogP contribution in [0.1, 0.15) is 6.92 Å². The predicted octanol–water partition coefficient (Wildman–Crippen LogP) is 3.74. The van der Waals surface area contributed by atoms with Gasteiger partial charge in [-0.05, 0) is 42.9 Å². The fraction of sp³-hybridized carbons (Fsp3) is 0.273. The van der Waals surface area contributed by atoms with Gasteiger partial charge in [0.15, 0.2) is 11.6 Å². The normalized spacial score (nSPS) is 14.6. The second kappa shape index (κ2) is 8.79. The van der Waals surface area contributed by atoms with Gasteiger partial charge >= 0.3 is 0 Å². The molecule has 0 spiro atoms. The highest BCUT2D eigenvalue weighted by Crippen LogP contribution is 2.30. The Morgan fingerprint density at radius 1 is 0.931 bits per heavy atom. The number of nitrogen functional groups attached to an aromatic ring is 1. The summed E-state index contributed by atoms with van der Waals surface area (Å²) >= 11 is 0. The third kappa shape index (κ3) is 4.57. The van der Waals surface area contributed by atoms with Gasteiger partial charge in [-0.15, -0.1) is 0 Å². The Morgan fingerprint density at radius 2 is 1.62 bits per heavy atom.